The van der Waals surface area contributed by atoms with Crippen LogP contribution in [0.5, 0.6) is 5.75 Å². The van der Waals surface area contributed by atoms with E-state index in [0.29, 0.717) is 17.3 Å². The highest BCUT2D eigenvalue weighted by Crippen LogP contribution is 2.33. The van der Waals surface area contributed by atoms with Gasteiger partial charge in [0.1, 0.15) is 18.3 Å². The van der Waals surface area contributed by atoms with Crippen LogP contribution >= 0.6 is 27.5 Å². The van der Waals surface area contributed by atoms with E-state index in [1.54, 1.807) is 31.2 Å². The third-order valence-corrected chi connectivity index (χ3v) is 9.98. The number of carbonyl (C=O) groups excluding carboxylic acids is 2. The second-order valence-electron chi connectivity index (χ2n) is 10.9. The lowest BCUT2D eigenvalue weighted by atomic mass is 10.0. The van der Waals surface area contributed by atoms with Crippen LogP contribution in [-0.4, -0.2) is 50.9 Å². The molecule has 0 aliphatic heterocycles. The minimum absolute atomic E-state index is 0.0438. The largest absolute Gasteiger partial charge is 0.492 e. The zero-order valence-electron chi connectivity index (χ0n) is 26.4. The molecule has 0 radical (unpaired) electrons. The average Bonchev–Trinajstić information content (AvgIpc) is 3.06. The number of amides is 2. The van der Waals surface area contributed by atoms with Crippen LogP contribution in [0, 0.1) is 0 Å². The third-order valence-electron chi connectivity index (χ3n) is 7.46. The SMILES string of the molecule is CCCCNC(=O)[C@@H](Cc1ccccc1)N(Cc1cccc(Br)c1)C(=O)CN(c1ccccc1OCC)S(=O)(=O)c1ccc(Cl)cc1. The van der Waals surface area contributed by atoms with Gasteiger partial charge < -0.3 is 15.0 Å². The third kappa shape index (κ3) is 9.82. The molecule has 11 heteroatoms. The number of nitrogens with one attached hydrogen (secondary N) is 1. The number of hydrogen-bond acceptors (Lipinski definition) is 5. The number of anilines is 1. The minimum atomic E-state index is -4.30. The summed E-state index contributed by atoms with van der Waals surface area (Å²) in [6, 6.07) is 28.5. The Kier molecular flexibility index (Phi) is 13.3. The molecule has 0 aliphatic rings. The van der Waals surface area contributed by atoms with E-state index in [1.165, 1.54) is 29.2 Å². The Morgan fingerprint density at radius 3 is 2.26 bits per heavy atom. The first-order valence-corrected chi connectivity index (χ1v) is 18.1. The summed E-state index contributed by atoms with van der Waals surface area (Å²) < 4.78 is 36.3. The molecule has 2 amide bonds. The van der Waals surface area contributed by atoms with Gasteiger partial charge >= 0.3 is 0 Å². The van der Waals surface area contributed by atoms with Gasteiger partial charge in [0.2, 0.25) is 11.8 Å². The summed E-state index contributed by atoms with van der Waals surface area (Å²) >= 11 is 9.59. The second-order valence-corrected chi connectivity index (χ2v) is 14.1. The van der Waals surface area contributed by atoms with Crippen molar-refractivity contribution in [1.82, 2.24) is 10.2 Å². The van der Waals surface area contributed by atoms with Crippen LogP contribution in [0.3, 0.4) is 0 Å². The summed E-state index contributed by atoms with van der Waals surface area (Å²) in [5, 5.41) is 3.38. The summed E-state index contributed by atoms with van der Waals surface area (Å²) in [6.45, 7) is 4.05. The van der Waals surface area contributed by atoms with Crippen molar-refractivity contribution in [2.45, 2.75) is 50.6 Å². The number of halogens is 2. The molecule has 4 aromatic carbocycles. The van der Waals surface area contributed by atoms with Gasteiger partial charge in [-0.1, -0.05) is 95.5 Å². The maximum atomic E-state index is 14.6. The summed E-state index contributed by atoms with van der Waals surface area (Å²) in [7, 11) is -4.30. The maximum Gasteiger partial charge on any atom is 0.264 e. The van der Waals surface area contributed by atoms with E-state index < -0.39 is 28.5 Å². The Bertz CT molecular complexity index is 1740. The molecule has 0 spiro atoms. The molecule has 0 fully saturated rings. The Morgan fingerprint density at radius 2 is 1.57 bits per heavy atom. The first-order chi connectivity index (χ1) is 22.6. The molecule has 1 N–H and O–H groups in total. The molecular weight excluding hydrogens is 702 g/mol. The van der Waals surface area contributed by atoms with Crippen LogP contribution in [0.4, 0.5) is 5.69 Å². The van der Waals surface area contributed by atoms with Crippen molar-refractivity contribution in [3.8, 4) is 5.75 Å². The second kappa shape index (κ2) is 17.3. The fourth-order valence-corrected chi connectivity index (χ4v) is 7.08. The first-order valence-electron chi connectivity index (χ1n) is 15.5. The van der Waals surface area contributed by atoms with Crippen LogP contribution in [-0.2, 0) is 32.6 Å². The zero-order chi connectivity index (χ0) is 33.8. The van der Waals surface area contributed by atoms with E-state index in [0.717, 1.165) is 32.7 Å². The molecular formula is C36H39BrClN3O5S. The summed E-state index contributed by atoms with van der Waals surface area (Å²) in [6.07, 6.45) is 1.91. The Balaban J connectivity index is 1.83. The van der Waals surface area contributed by atoms with Crippen molar-refractivity contribution < 1.29 is 22.7 Å². The topological polar surface area (TPSA) is 96.0 Å². The van der Waals surface area contributed by atoms with Crippen LogP contribution < -0.4 is 14.4 Å². The van der Waals surface area contributed by atoms with Gasteiger partial charge in [-0.15, -0.1) is 0 Å². The molecule has 4 rings (SSSR count). The summed E-state index contributed by atoms with van der Waals surface area (Å²) in [5.74, 6) is -0.565. The fraction of sp³-hybridized carbons (Fsp3) is 0.278. The molecule has 0 saturated carbocycles. The molecule has 0 saturated heterocycles. The van der Waals surface area contributed by atoms with Crippen molar-refractivity contribution >= 4 is 55.1 Å². The van der Waals surface area contributed by atoms with Gasteiger partial charge in [-0.3, -0.25) is 13.9 Å². The van der Waals surface area contributed by atoms with Crippen molar-refractivity contribution in [3.63, 3.8) is 0 Å². The molecule has 0 unspecified atom stereocenters. The van der Waals surface area contributed by atoms with E-state index in [1.807, 2.05) is 61.5 Å². The molecule has 0 bridgehead atoms. The quantitative estimate of drug-likeness (QED) is 0.122. The number of ether oxygens (including phenoxy) is 1. The Hall–Kier alpha value is -3.86. The zero-order valence-corrected chi connectivity index (χ0v) is 29.6. The lowest BCUT2D eigenvalue weighted by Gasteiger charge is -2.34. The number of para-hydroxylation sites is 2. The van der Waals surface area contributed by atoms with Gasteiger partial charge in [-0.05, 0) is 73.0 Å². The highest BCUT2D eigenvalue weighted by atomic mass is 79.9. The van der Waals surface area contributed by atoms with E-state index >= 15 is 0 Å². The molecule has 248 valence electrons. The van der Waals surface area contributed by atoms with Gasteiger partial charge in [0.15, 0.2) is 0 Å². The monoisotopic (exact) mass is 739 g/mol. The van der Waals surface area contributed by atoms with Crippen molar-refractivity contribution in [2.24, 2.45) is 0 Å². The normalized spacial score (nSPS) is 11.8. The van der Waals surface area contributed by atoms with Crippen LogP contribution in [0.15, 0.2) is 112 Å². The molecule has 0 heterocycles. The number of benzene rings is 4. The van der Waals surface area contributed by atoms with Gasteiger partial charge in [0.25, 0.3) is 10.0 Å². The van der Waals surface area contributed by atoms with E-state index in [9.17, 15) is 18.0 Å². The van der Waals surface area contributed by atoms with E-state index in [-0.39, 0.29) is 36.1 Å². The summed E-state index contributed by atoms with van der Waals surface area (Å²) in [4.78, 5) is 30.0. The van der Waals surface area contributed by atoms with Crippen molar-refractivity contribution in [1.29, 1.82) is 0 Å². The number of rotatable bonds is 16. The number of hydrogen-bond donors (Lipinski definition) is 1. The smallest absolute Gasteiger partial charge is 0.264 e. The van der Waals surface area contributed by atoms with Crippen molar-refractivity contribution in [3.05, 3.63) is 124 Å². The maximum absolute atomic E-state index is 14.6. The number of sulfonamides is 1. The molecule has 8 nitrogen and oxygen atoms in total. The number of carbonyl (C=O) groups is 2. The lowest BCUT2D eigenvalue weighted by Crippen LogP contribution is -2.53. The molecule has 0 aliphatic carbocycles. The first kappa shape index (κ1) is 36.0. The summed E-state index contributed by atoms with van der Waals surface area (Å²) in [5.41, 5.74) is 1.84. The standard InChI is InChI=1S/C36H39BrClN3O5S/c1-3-5-22-39-36(43)33(24-27-12-7-6-8-13-27)40(25-28-14-11-15-29(37)23-28)35(42)26-41(32-16-9-10-17-34(32)46-4-2)47(44,45)31-20-18-30(38)19-21-31/h6-21,23,33H,3-5,22,24-26H2,1-2H3,(H,39,43)/t33-/m1/s1. The van der Waals surface area contributed by atoms with E-state index in [4.69, 9.17) is 16.3 Å². The average molecular weight is 741 g/mol. The highest BCUT2D eigenvalue weighted by Gasteiger charge is 2.35. The lowest BCUT2D eigenvalue weighted by molar-refractivity contribution is -0.140. The van der Waals surface area contributed by atoms with Gasteiger partial charge in [0, 0.05) is 29.0 Å². The molecule has 47 heavy (non-hydrogen) atoms. The Labute approximate surface area is 290 Å². The van der Waals surface area contributed by atoms with Crippen LogP contribution in [0.2, 0.25) is 5.02 Å². The molecule has 0 aromatic heterocycles. The van der Waals surface area contributed by atoms with Crippen molar-refractivity contribution in [2.75, 3.05) is 24.0 Å². The number of nitrogens with zero attached hydrogens (tertiary/aromatic N) is 2. The minimum Gasteiger partial charge on any atom is -0.492 e. The Morgan fingerprint density at radius 1 is 0.894 bits per heavy atom. The predicted molar refractivity (Wildman–Crippen MR) is 190 cm³/mol. The predicted octanol–water partition coefficient (Wildman–Crippen LogP) is 7.25. The van der Waals surface area contributed by atoms with Gasteiger partial charge in [0.05, 0.1) is 17.2 Å². The van der Waals surface area contributed by atoms with Gasteiger partial charge in [-0.25, -0.2) is 8.42 Å². The fourth-order valence-electron chi connectivity index (χ4n) is 5.08. The van der Waals surface area contributed by atoms with Crippen LogP contribution in [0.1, 0.15) is 37.8 Å². The molecule has 1 atom stereocenters. The van der Waals surface area contributed by atoms with Crippen LogP contribution in [0.25, 0.3) is 0 Å². The highest BCUT2D eigenvalue weighted by molar-refractivity contribution is 9.10. The van der Waals surface area contributed by atoms with E-state index in [2.05, 4.69) is 21.2 Å². The van der Waals surface area contributed by atoms with Gasteiger partial charge in [-0.2, -0.15) is 0 Å². The molecule has 4 aromatic rings. The number of unbranched alkanes of at least 4 members (excludes halogenated alkanes) is 1.